The highest BCUT2D eigenvalue weighted by Gasteiger charge is 2.38. The van der Waals surface area contributed by atoms with E-state index in [9.17, 15) is 18.7 Å². The number of aromatic nitrogens is 2. The van der Waals surface area contributed by atoms with E-state index in [1.165, 1.54) is 4.90 Å². The maximum atomic E-state index is 14.1. The third-order valence-electron chi connectivity index (χ3n) is 4.27. The standard InChI is InChI=1S/C17H19F2N3O2/c1-10(2)21-8-15(20-9-21)17(24)22-7-12(23)6-16(22)13-5-11(18)3-4-14(13)19/h3-5,8-10,12,16,23H,6-7H2,1-2H3. The number of amides is 1. The predicted octanol–water partition coefficient (Wildman–Crippen LogP) is 2.69. The van der Waals surface area contributed by atoms with Crippen molar-refractivity contribution in [3.05, 3.63) is 53.6 Å². The average Bonchev–Trinajstić information content (AvgIpc) is 3.16. The van der Waals surface area contributed by atoms with E-state index >= 15 is 0 Å². The van der Waals surface area contributed by atoms with Crippen LogP contribution in [0.5, 0.6) is 0 Å². The molecule has 1 saturated heterocycles. The first-order chi connectivity index (χ1) is 11.4. The van der Waals surface area contributed by atoms with Gasteiger partial charge in [-0.2, -0.15) is 0 Å². The number of aliphatic hydroxyl groups is 1. The topological polar surface area (TPSA) is 58.4 Å². The summed E-state index contributed by atoms with van der Waals surface area (Å²) in [4.78, 5) is 18.2. The molecule has 1 aliphatic heterocycles. The van der Waals surface area contributed by atoms with Crippen LogP contribution in [0.25, 0.3) is 0 Å². The zero-order chi connectivity index (χ0) is 17.4. The Balaban J connectivity index is 1.92. The first-order valence-corrected chi connectivity index (χ1v) is 7.84. The molecule has 0 saturated carbocycles. The Kier molecular flexibility index (Phi) is 4.36. The van der Waals surface area contributed by atoms with Gasteiger partial charge in [-0.25, -0.2) is 13.8 Å². The normalized spacial score (nSPS) is 20.8. The molecule has 0 spiro atoms. The zero-order valence-electron chi connectivity index (χ0n) is 13.5. The predicted molar refractivity (Wildman–Crippen MR) is 83.4 cm³/mol. The number of nitrogens with zero attached hydrogens (tertiary/aromatic N) is 3. The summed E-state index contributed by atoms with van der Waals surface area (Å²) in [5, 5.41) is 9.95. The Labute approximate surface area is 138 Å². The van der Waals surface area contributed by atoms with Crippen LogP contribution in [0.4, 0.5) is 8.78 Å². The number of carbonyl (C=O) groups excluding carboxylic acids is 1. The molecule has 2 atom stereocenters. The molecule has 2 aromatic rings. The van der Waals surface area contributed by atoms with Crippen molar-refractivity contribution in [2.75, 3.05) is 6.54 Å². The first kappa shape index (κ1) is 16.6. The van der Waals surface area contributed by atoms with Gasteiger partial charge in [0.15, 0.2) is 0 Å². The van der Waals surface area contributed by atoms with Gasteiger partial charge in [0.2, 0.25) is 0 Å². The number of β-amino-alcohol motifs (C(OH)–C–C–N with tert-alkyl or cyclic N) is 1. The summed E-state index contributed by atoms with van der Waals surface area (Å²) in [5.41, 5.74) is 0.294. The van der Waals surface area contributed by atoms with Crippen LogP contribution in [-0.2, 0) is 0 Å². The third kappa shape index (κ3) is 3.03. The van der Waals surface area contributed by atoms with Crippen molar-refractivity contribution >= 4 is 5.91 Å². The van der Waals surface area contributed by atoms with E-state index in [1.807, 2.05) is 13.8 Å². The van der Waals surface area contributed by atoms with Crippen molar-refractivity contribution < 1.29 is 18.7 Å². The van der Waals surface area contributed by atoms with Crippen LogP contribution in [0.15, 0.2) is 30.7 Å². The van der Waals surface area contributed by atoms with Crippen LogP contribution >= 0.6 is 0 Å². The molecule has 2 unspecified atom stereocenters. The van der Waals surface area contributed by atoms with Gasteiger partial charge in [0.05, 0.1) is 18.5 Å². The zero-order valence-corrected chi connectivity index (χ0v) is 13.5. The molecule has 24 heavy (non-hydrogen) atoms. The minimum atomic E-state index is -0.784. The van der Waals surface area contributed by atoms with Gasteiger partial charge in [0.25, 0.3) is 5.91 Å². The molecular formula is C17H19F2N3O2. The number of halogens is 2. The Bertz CT molecular complexity index is 760. The lowest BCUT2D eigenvalue weighted by molar-refractivity contribution is 0.0708. The van der Waals surface area contributed by atoms with E-state index < -0.39 is 29.7 Å². The van der Waals surface area contributed by atoms with Gasteiger partial charge < -0.3 is 14.6 Å². The van der Waals surface area contributed by atoms with E-state index in [0.29, 0.717) is 0 Å². The summed E-state index contributed by atoms with van der Waals surface area (Å²) in [6.45, 7) is 3.98. The molecule has 2 heterocycles. The molecule has 128 valence electrons. The van der Waals surface area contributed by atoms with Crippen molar-refractivity contribution in [1.29, 1.82) is 0 Å². The number of carbonyl (C=O) groups is 1. The molecule has 1 aromatic carbocycles. The highest BCUT2D eigenvalue weighted by atomic mass is 19.1. The van der Waals surface area contributed by atoms with Crippen LogP contribution < -0.4 is 0 Å². The molecule has 1 N–H and O–H groups in total. The lowest BCUT2D eigenvalue weighted by atomic mass is 10.0. The van der Waals surface area contributed by atoms with Gasteiger partial charge in [-0.15, -0.1) is 0 Å². The fourth-order valence-electron chi connectivity index (χ4n) is 2.98. The van der Waals surface area contributed by atoms with Gasteiger partial charge in [0.1, 0.15) is 17.3 Å². The molecule has 1 fully saturated rings. The fraction of sp³-hybridized carbons (Fsp3) is 0.412. The SMILES string of the molecule is CC(C)n1cnc(C(=O)N2CC(O)CC2c2cc(F)ccc2F)c1. The summed E-state index contributed by atoms with van der Waals surface area (Å²) in [5.74, 6) is -1.58. The van der Waals surface area contributed by atoms with Crippen molar-refractivity contribution in [1.82, 2.24) is 14.5 Å². The molecule has 3 rings (SSSR count). The van der Waals surface area contributed by atoms with Gasteiger partial charge >= 0.3 is 0 Å². The number of rotatable bonds is 3. The van der Waals surface area contributed by atoms with Crippen LogP contribution in [-0.4, -0.2) is 38.1 Å². The quantitative estimate of drug-likeness (QED) is 0.938. The Hall–Kier alpha value is -2.28. The molecule has 1 aliphatic rings. The number of hydrogen-bond donors (Lipinski definition) is 1. The van der Waals surface area contributed by atoms with E-state index in [-0.39, 0.29) is 30.3 Å². The van der Waals surface area contributed by atoms with Gasteiger partial charge in [-0.05, 0) is 38.5 Å². The molecule has 1 aromatic heterocycles. The second-order valence-electron chi connectivity index (χ2n) is 6.33. The van der Waals surface area contributed by atoms with Crippen LogP contribution in [0.3, 0.4) is 0 Å². The lowest BCUT2D eigenvalue weighted by Gasteiger charge is -2.24. The first-order valence-electron chi connectivity index (χ1n) is 7.84. The van der Waals surface area contributed by atoms with E-state index in [2.05, 4.69) is 4.98 Å². The molecule has 0 bridgehead atoms. The number of imidazole rings is 1. The number of likely N-dealkylation sites (tertiary alicyclic amines) is 1. The molecule has 0 radical (unpaired) electrons. The highest BCUT2D eigenvalue weighted by Crippen LogP contribution is 2.35. The van der Waals surface area contributed by atoms with Gasteiger partial charge in [-0.3, -0.25) is 4.79 Å². The van der Waals surface area contributed by atoms with E-state index in [1.54, 1.807) is 17.1 Å². The maximum Gasteiger partial charge on any atom is 0.274 e. The number of aliphatic hydroxyl groups excluding tert-OH is 1. The van der Waals surface area contributed by atoms with Crippen LogP contribution in [0, 0.1) is 11.6 Å². The largest absolute Gasteiger partial charge is 0.391 e. The summed E-state index contributed by atoms with van der Waals surface area (Å²) < 4.78 is 29.4. The average molecular weight is 335 g/mol. The third-order valence-corrected chi connectivity index (χ3v) is 4.27. The Morgan fingerprint density at radius 1 is 1.38 bits per heavy atom. The second kappa shape index (κ2) is 6.32. The number of benzene rings is 1. The Morgan fingerprint density at radius 3 is 2.79 bits per heavy atom. The van der Waals surface area contributed by atoms with Crippen molar-refractivity contribution in [3.8, 4) is 0 Å². The fourth-order valence-corrected chi connectivity index (χ4v) is 2.98. The van der Waals surface area contributed by atoms with Crippen LogP contribution in [0.2, 0.25) is 0 Å². The minimum Gasteiger partial charge on any atom is -0.391 e. The number of hydrogen-bond acceptors (Lipinski definition) is 3. The monoisotopic (exact) mass is 335 g/mol. The second-order valence-corrected chi connectivity index (χ2v) is 6.33. The summed E-state index contributed by atoms with van der Waals surface area (Å²) >= 11 is 0. The summed E-state index contributed by atoms with van der Waals surface area (Å²) in [6, 6.07) is 2.57. The van der Waals surface area contributed by atoms with E-state index in [0.717, 1.165) is 18.2 Å². The van der Waals surface area contributed by atoms with Crippen molar-refractivity contribution in [2.45, 2.75) is 38.5 Å². The lowest BCUT2D eigenvalue weighted by Crippen LogP contribution is -2.32. The smallest absolute Gasteiger partial charge is 0.274 e. The maximum absolute atomic E-state index is 14.1. The summed E-state index contributed by atoms with van der Waals surface area (Å²) in [6.07, 6.45) is 2.56. The van der Waals surface area contributed by atoms with Crippen molar-refractivity contribution in [3.63, 3.8) is 0 Å². The molecular weight excluding hydrogens is 316 g/mol. The molecule has 7 heteroatoms. The van der Waals surface area contributed by atoms with Gasteiger partial charge in [-0.1, -0.05) is 0 Å². The van der Waals surface area contributed by atoms with Gasteiger partial charge in [0, 0.05) is 24.3 Å². The van der Waals surface area contributed by atoms with E-state index in [4.69, 9.17) is 0 Å². The van der Waals surface area contributed by atoms with Crippen LogP contribution in [0.1, 0.15) is 48.4 Å². The van der Waals surface area contributed by atoms with Crippen molar-refractivity contribution in [2.24, 2.45) is 0 Å². The highest BCUT2D eigenvalue weighted by molar-refractivity contribution is 5.92. The minimum absolute atomic E-state index is 0.0635. The molecule has 0 aliphatic carbocycles. The molecule has 5 nitrogen and oxygen atoms in total. The molecule has 1 amide bonds. The summed E-state index contributed by atoms with van der Waals surface area (Å²) in [7, 11) is 0. The Morgan fingerprint density at radius 2 is 2.12 bits per heavy atom.